The van der Waals surface area contributed by atoms with Crippen LogP contribution in [0.5, 0.6) is 0 Å². The van der Waals surface area contributed by atoms with Crippen molar-refractivity contribution < 1.29 is 19.8 Å². The van der Waals surface area contributed by atoms with E-state index in [4.69, 9.17) is 0 Å². The van der Waals surface area contributed by atoms with Crippen molar-refractivity contribution in [3.63, 3.8) is 0 Å². The van der Waals surface area contributed by atoms with Crippen LogP contribution in [-0.4, -0.2) is 96.7 Å². The summed E-state index contributed by atoms with van der Waals surface area (Å²) in [6.45, 7) is 17.7. The van der Waals surface area contributed by atoms with E-state index in [9.17, 15) is 19.8 Å². The number of hydrogen-bond donors (Lipinski definition) is 0. The van der Waals surface area contributed by atoms with Gasteiger partial charge in [0.2, 0.25) is 0 Å². The molecular weight excluding hydrogens is 757 g/mol. The van der Waals surface area contributed by atoms with Crippen LogP contribution >= 0.6 is 0 Å². The van der Waals surface area contributed by atoms with Gasteiger partial charge in [-0.2, -0.15) is 0 Å². The van der Waals surface area contributed by atoms with Gasteiger partial charge in [0.25, 0.3) is 0 Å². The fraction of sp³-hybridized carbons (Fsp3) is 0.808. The zero-order valence-corrected chi connectivity index (χ0v) is 42.6. The van der Waals surface area contributed by atoms with Gasteiger partial charge in [0, 0.05) is 37.3 Å². The normalized spacial score (nSPS) is 14.0. The van der Waals surface area contributed by atoms with E-state index in [1.54, 1.807) is 0 Å². The second-order valence-corrected chi connectivity index (χ2v) is 16.5. The molecule has 0 aliphatic heterocycles. The van der Waals surface area contributed by atoms with Crippen molar-refractivity contribution in [3.05, 3.63) is 48.6 Å². The van der Waals surface area contributed by atoms with Gasteiger partial charge >= 0.3 is 37.7 Å². The van der Waals surface area contributed by atoms with Crippen molar-refractivity contribution in [2.45, 2.75) is 259 Å². The van der Waals surface area contributed by atoms with Crippen LogP contribution in [0.1, 0.15) is 235 Å². The Morgan fingerprint density at radius 1 is 0.373 bits per heavy atom. The molecule has 0 aromatic rings. The number of rotatable bonds is 40. The zero-order valence-electron chi connectivity index (χ0n) is 40.4. The maximum atomic E-state index is 11.6. The molecule has 0 bridgehead atoms. The largest absolute Gasteiger partial charge is 2.00 e. The summed E-state index contributed by atoms with van der Waals surface area (Å²) in [5.74, 6) is -1.85. The molecule has 0 N–H and O–H groups in total. The summed E-state index contributed by atoms with van der Waals surface area (Å²) in [7, 11) is 0. The minimum Gasteiger partial charge on any atom is -0.549 e. The molecule has 0 aliphatic carbocycles. The van der Waals surface area contributed by atoms with Crippen LogP contribution < -0.4 is 10.2 Å². The first-order valence-corrected chi connectivity index (χ1v) is 24.7. The number of aliphatic carboxylic acids is 2. The van der Waals surface area contributed by atoms with Gasteiger partial charge in [-0.15, -0.1) is 0 Å². The summed E-state index contributed by atoms with van der Waals surface area (Å²) in [5, 5.41) is 23.1. The van der Waals surface area contributed by atoms with E-state index >= 15 is 0 Å². The number of carbonyl (C=O) groups excluding carboxylic acids is 2. The Labute approximate surface area is 397 Å². The van der Waals surface area contributed by atoms with Crippen LogP contribution in [0.15, 0.2) is 48.6 Å². The molecule has 340 valence electrons. The monoisotopic (exact) mass is 853 g/mol. The van der Waals surface area contributed by atoms with Crippen LogP contribution in [-0.2, 0) is 9.59 Å². The maximum Gasteiger partial charge on any atom is 2.00 e. The van der Waals surface area contributed by atoms with E-state index in [1.807, 2.05) is 0 Å². The van der Waals surface area contributed by atoms with E-state index in [0.29, 0.717) is 24.2 Å². The Bertz CT molecular complexity index is 884. The fourth-order valence-corrected chi connectivity index (χ4v) is 8.35. The predicted molar refractivity (Wildman–Crippen MR) is 256 cm³/mol. The number of nitrogens with zero attached hydrogens (tertiary/aromatic N) is 2. The van der Waals surface area contributed by atoms with Crippen molar-refractivity contribution in [3.8, 4) is 0 Å². The number of hydrogen-bond acceptors (Lipinski definition) is 6. The summed E-state index contributed by atoms with van der Waals surface area (Å²) in [6, 6.07) is 1.46. The first-order valence-electron chi connectivity index (χ1n) is 24.7. The molecule has 0 saturated heterocycles. The Morgan fingerprint density at radius 3 is 0.763 bits per heavy atom. The molecule has 0 rings (SSSR count). The van der Waals surface area contributed by atoms with Gasteiger partial charge in [-0.25, -0.2) is 0 Å². The number of carboxylic acids is 2. The summed E-state index contributed by atoms with van der Waals surface area (Å²) in [5.41, 5.74) is 0. The van der Waals surface area contributed by atoms with Gasteiger partial charge in [-0.1, -0.05) is 155 Å². The molecular formula is C52H96CaN2O4. The number of allylic oxidation sites excluding steroid dienone is 8. The van der Waals surface area contributed by atoms with E-state index in [-0.39, 0.29) is 50.8 Å². The Kier molecular flexibility index (Phi) is 50.9. The molecule has 0 radical (unpaired) electrons. The maximum absolute atomic E-state index is 11.6. The predicted octanol–water partition coefficient (Wildman–Crippen LogP) is 12.5. The van der Waals surface area contributed by atoms with Crippen molar-refractivity contribution in [1.29, 1.82) is 0 Å². The minimum atomic E-state index is -0.927. The van der Waals surface area contributed by atoms with Crippen LogP contribution in [0.3, 0.4) is 0 Å². The third-order valence-electron chi connectivity index (χ3n) is 11.2. The van der Waals surface area contributed by atoms with E-state index in [2.05, 4.69) is 114 Å². The molecule has 4 unspecified atom stereocenters. The zero-order chi connectivity index (χ0) is 43.5. The van der Waals surface area contributed by atoms with E-state index in [0.717, 1.165) is 128 Å². The minimum absolute atomic E-state index is 0. The van der Waals surface area contributed by atoms with Gasteiger partial charge in [0.1, 0.15) is 0 Å². The Morgan fingerprint density at radius 2 is 0.593 bits per heavy atom. The molecule has 0 amide bonds. The van der Waals surface area contributed by atoms with Crippen molar-refractivity contribution >= 4 is 49.7 Å². The summed E-state index contributed by atoms with van der Waals surface area (Å²) >= 11 is 0. The number of carbonyl (C=O) groups is 2. The smallest absolute Gasteiger partial charge is 0.549 e. The molecule has 0 heterocycles. The third kappa shape index (κ3) is 38.5. The summed E-state index contributed by atoms with van der Waals surface area (Å²) in [4.78, 5) is 27.7. The van der Waals surface area contributed by atoms with Crippen LogP contribution in [0.2, 0.25) is 0 Å². The molecule has 0 aromatic carbocycles. The average molecular weight is 853 g/mol. The van der Waals surface area contributed by atoms with Crippen LogP contribution in [0, 0.1) is 0 Å². The molecule has 59 heavy (non-hydrogen) atoms. The quantitative estimate of drug-likeness (QED) is 0.0347. The second-order valence-electron chi connectivity index (χ2n) is 16.5. The molecule has 7 heteroatoms. The van der Waals surface area contributed by atoms with Gasteiger partial charge in [-0.3, -0.25) is 9.80 Å². The van der Waals surface area contributed by atoms with E-state index < -0.39 is 11.9 Å². The van der Waals surface area contributed by atoms with Gasteiger partial charge < -0.3 is 19.8 Å². The molecule has 0 aliphatic rings. The number of carboxylic acid groups (broad SMARTS) is 2. The molecule has 4 atom stereocenters. The average Bonchev–Trinajstić information content (AvgIpc) is 3.20. The molecule has 0 spiro atoms. The Balaban J connectivity index is -0.00000105. The molecule has 0 aromatic heterocycles. The third-order valence-corrected chi connectivity index (χ3v) is 11.2. The summed E-state index contributed by atoms with van der Waals surface area (Å²) < 4.78 is 0. The van der Waals surface area contributed by atoms with Crippen LogP contribution in [0.25, 0.3) is 0 Å². The van der Waals surface area contributed by atoms with Crippen molar-refractivity contribution in [1.82, 2.24) is 9.80 Å². The van der Waals surface area contributed by atoms with Crippen molar-refractivity contribution in [2.75, 3.05) is 13.1 Å². The van der Waals surface area contributed by atoms with Gasteiger partial charge in [0.05, 0.1) is 11.9 Å². The molecule has 0 fully saturated rings. The van der Waals surface area contributed by atoms with Gasteiger partial charge in [0.15, 0.2) is 0 Å². The first-order chi connectivity index (χ1) is 28.2. The fourth-order valence-electron chi connectivity index (χ4n) is 8.35. The van der Waals surface area contributed by atoms with Crippen LogP contribution in [0.4, 0.5) is 0 Å². The SMILES string of the molecule is CC/C=C/CCCCC(CCC)N(CC(=O)[O-])C(CCC)CCCC/C=C/CC.CC/C=C/CCCCC(CCC)N(CC(=O)[O-])C(CCC)CCCC/C=C/CC.[Ca+2]. The molecule has 6 nitrogen and oxygen atoms in total. The molecule has 0 saturated carbocycles. The first kappa shape index (κ1) is 62.4. The van der Waals surface area contributed by atoms with E-state index in [1.165, 1.54) is 51.4 Å². The Hall–Kier alpha value is -0.920. The standard InChI is InChI=1S/2C26H49NO2.Ca/c2*1-5-9-11-13-15-17-21-24(19-7-3)27(23-26(28)29)25(20-8-4)22-18-16-14-12-10-6-2;/h2*9-12,24-25H,5-8,13-23H2,1-4H3,(H,28,29);/q;;+2/p-2/b2*11-9+,12-10+;. The second kappa shape index (κ2) is 48.1. The van der Waals surface area contributed by atoms with Crippen molar-refractivity contribution in [2.24, 2.45) is 0 Å². The topological polar surface area (TPSA) is 86.7 Å². The number of unbranched alkanes of at least 4 members (excludes halogenated alkanes) is 8. The summed E-state index contributed by atoms with van der Waals surface area (Å²) in [6.07, 6.45) is 49.6. The van der Waals surface area contributed by atoms with Gasteiger partial charge in [-0.05, 0) is 128 Å².